The van der Waals surface area contributed by atoms with Crippen molar-refractivity contribution in [3.05, 3.63) is 12.7 Å². The molecule has 1 N–H and O–H groups in total. The standard InChI is InChI=1S/C13H19N3O4S/c1-2-5-20-13(18)16-8-10(21)6-11(16)12(17)15-4-3-9(7-15)14-19/h2,10-11,19,21H,1,3-8H2/b14-9+/t10-,11-/m0/s1. The van der Waals surface area contributed by atoms with Crippen LogP contribution in [0.5, 0.6) is 0 Å². The zero-order chi connectivity index (χ0) is 15.4. The Morgan fingerprint density at radius 2 is 2.33 bits per heavy atom. The summed E-state index contributed by atoms with van der Waals surface area (Å²) in [4.78, 5) is 27.5. The lowest BCUT2D eigenvalue weighted by Crippen LogP contribution is -2.47. The molecule has 2 atom stereocenters. The van der Waals surface area contributed by atoms with Crippen molar-refractivity contribution in [3.8, 4) is 0 Å². The van der Waals surface area contributed by atoms with Crippen LogP contribution in [0.25, 0.3) is 0 Å². The first kappa shape index (κ1) is 15.7. The summed E-state index contributed by atoms with van der Waals surface area (Å²) in [5.41, 5.74) is 0.574. The fourth-order valence-electron chi connectivity index (χ4n) is 2.59. The highest BCUT2D eigenvalue weighted by molar-refractivity contribution is 7.81. The van der Waals surface area contributed by atoms with E-state index in [4.69, 9.17) is 9.94 Å². The minimum atomic E-state index is -0.567. The van der Waals surface area contributed by atoms with Crippen molar-refractivity contribution in [3.63, 3.8) is 0 Å². The number of amides is 2. The van der Waals surface area contributed by atoms with E-state index in [1.807, 2.05) is 0 Å². The second kappa shape index (κ2) is 6.84. The summed E-state index contributed by atoms with van der Waals surface area (Å²) in [7, 11) is 0. The topological polar surface area (TPSA) is 82.4 Å². The van der Waals surface area contributed by atoms with Gasteiger partial charge in [0, 0.05) is 24.8 Å². The van der Waals surface area contributed by atoms with E-state index < -0.39 is 12.1 Å². The van der Waals surface area contributed by atoms with E-state index in [-0.39, 0.29) is 17.8 Å². The molecule has 0 unspecified atom stereocenters. The van der Waals surface area contributed by atoms with Crippen LogP contribution in [-0.4, -0.2) is 70.3 Å². The molecule has 2 heterocycles. The first-order chi connectivity index (χ1) is 10.1. The van der Waals surface area contributed by atoms with Crippen LogP contribution >= 0.6 is 12.6 Å². The number of carbonyl (C=O) groups excluding carboxylic acids is 2. The third-order valence-corrected chi connectivity index (χ3v) is 3.99. The Hall–Kier alpha value is -1.70. The fraction of sp³-hybridized carbons (Fsp3) is 0.615. The second-order valence-corrected chi connectivity index (χ2v) is 5.83. The molecule has 0 aromatic carbocycles. The smallest absolute Gasteiger partial charge is 0.410 e. The van der Waals surface area contributed by atoms with Crippen LogP contribution in [-0.2, 0) is 9.53 Å². The Kier molecular flexibility index (Phi) is 5.11. The summed E-state index contributed by atoms with van der Waals surface area (Å²) in [6.45, 7) is 4.78. The van der Waals surface area contributed by atoms with Crippen molar-refractivity contribution < 1.29 is 19.5 Å². The number of oxime groups is 1. The highest BCUT2D eigenvalue weighted by atomic mass is 32.1. The lowest BCUT2D eigenvalue weighted by atomic mass is 10.2. The molecule has 0 aromatic rings. The minimum absolute atomic E-state index is 0.0520. The van der Waals surface area contributed by atoms with Crippen LogP contribution in [0.2, 0.25) is 0 Å². The number of likely N-dealkylation sites (tertiary alicyclic amines) is 2. The van der Waals surface area contributed by atoms with Crippen LogP contribution in [0, 0.1) is 0 Å². The molecular formula is C13H19N3O4S. The van der Waals surface area contributed by atoms with Crippen LogP contribution in [0.1, 0.15) is 12.8 Å². The van der Waals surface area contributed by atoms with Gasteiger partial charge in [0.15, 0.2) is 0 Å². The fourth-order valence-corrected chi connectivity index (χ4v) is 2.96. The summed E-state index contributed by atoms with van der Waals surface area (Å²) in [5.74, 6) is -0.152. The lowest BCUT2D eigenvalue weighted by molar-refractivity contribution is -0.134. The molecule has 2 fully saturated rings. The predicted molar refractivity (Wildman–Crippen MR) is 79.8 cm³/mol. The Bertz CT molecular complexity index is 468. The number of hydrogen-bond acceptors (Lipinski definition) is 6. The van der Waals surface area contributed by atoms with Gasteiger partial charge in [-0.1, -0.05) is 17.8 Å². The first-order valence-corrected chi connectivity index (χ1v) is 7.29. The Morgan fingerprint density at radius 3 is 2.95 bits per heavy atom. The van der Waals surface area contributed by atoms with E-state index >= 15 is 0 Å². The Labute approximate surface area is 128 Å². The van der Waals surface area contributed by atoms with E-state index in [0.717, 1.165) is 0 Å². The van der Waals surface area contributed by atoms with Gasteiger partial charge in [-0.3, -0.25) is 9.69 Å². The van der Waals surface area contributed by atoms with Gasteiger partial charge in [-0.25, -0.2) is 4.79 Å². The quantitative estimate of drug-likeness (QED) is 0.348. The molecule has 0 spiro atoms. The van der Waals surface area contributed by atoms with Gasteiger partial charge in [0.25, 0.3) is 0 Å². The van der Waals surface area contributed by atoms with Crippen LogP contribution < -0.4 is 0 Å². The molecule has 2 amide bonds. The molecule has 21 heavy (non-hydrogen) atoms. The van der Waals surface area contributed by atoms with Crippen molar-refractivity contribution >= 4 is 30.3 Å². The number of carbonyl (C=O) groups is 2. The highest BCUT2D eigenvalue weighted by Crippen LogP contribution is 2.25. The summed E-state index contributed by atoms with van der Waals surface area (Å²) in [6, 6.07) is -0.567. The van der Waals surface area contributed by atoms with Gasteiger partial charge in [-0.2, -0.15) is 12.6 Å². The maximum atomic E-state index is 12.5. The maximum Gasteiger partial charge on any atom is 0.410 e. The van der Waals surface area contributed by atoms with E-state index in [0.29, 0.717) is 38.2 Å². The van der Waals surface area contributed by atoms with Gasteiger partial charge in [0.1, 0.15) is 12.6 Å². The molecule has 0 bridgehead atoms. The molecular weight excluding hydrogens is 294 g/mol. The molecule has 0 radical (unpaired) electrons. The van der Waals surface area contributed by atoms with Gasteiger partial charge in [-0.05, 0) is 6.42 Å². The second-order valence-electron chi connectivity index (χ2n) is 5.10. The first-order valence-electron chi connectivity index (χ1n) is 6.77. The summed E-state index contributed by atoms with van der Waals surface area (Å²) in [6.07, 6.45) is 2.00. The average molecular weight is 313 g/mol. The SMILES string of the molecule is C=CCOC(=O)N1C[C@@H](S)C[C@H]1C(=O)N1CC/C(=N\O)C1. The lowest BCUT2D eigenvalue weighted by Gasteiger charge is -2.26. The molecule has 2 rings (SSSR count). The third-order valence-electron chi connectivity index (χ3n) is 3.62. The third kappa shape index (κ3) is 3.49. The molecule has 2 aliphatic rings. The van der Waals surface area contributed by atoms with Gasteiger partial charge in [0.2, 0.25) is 5.91 Å². The molecule has 2 saturated heterocycles. The van der Waals surface area contributed by atoms with Gasteiger partial charge < -0.3 is 14.8 Å². The number of hydrogen-bond donors (Lipinski definition) is 2. The molecule has 0 saturated carbocycles. The van der Waals surface area contributed by atoms with E-state index in [9.17, 15) is 9.59 Å². The van der Waals surface area contributed by atoms with Gasteiger partial charge >= 0.3 is 6.09 Å². The monoisotopic (exact) mass is 313 g/mol. The average Bonchev–Trinajstić information content (AvgIpc) is 3.10. The van der Waals surface area contributed by atoms with Crippen molar-refractivity contribution in [2.24, 2.45) is 5.16 Å². The molecule has 8 heteroatoms. The van der Waals surface area contributed by atoms with Crippen molar-refractivity contribution in [1.82, 2.24) is 9.80 Å². The summed E-state index contributed by atoms with van der Waals surface area (Å²) >= 11 is 4.37. The number of thiol groups is 1. The number of nitrogens with zero attached hydrogens (tertiary/aromatic N) is 3. The molecule has 116 valence electrons. The van der Waals surface area contributed by atoms with E-state index in [1.165, 1.54) is 11.0 Å². The van der Waals surface area contributed by atoms with Crippen molar-refractivity contribution in [2.75, 3.05) is 26.2 Å². The Balaban J connectivity index is 2.03. The van der Waals surface area contributed by atoms with Gasteiger partial charge in [0.05, 0.1) is 12.3 Å². The molecule has 7 nitrogen and oxygen atoms in total. The summed E-state index contributed by atoms with van der Waals surface area (Å²) < 4.78 is 5.01. The molecule has 2 aliphatic heterocycles. The van der Waals surface area contributed by atoms with Crippen LogP contribution in [0.15, 0.2) is 17.8 Å². The predicted octanol–water partition coefficient (Wildman–Crippen LogP) is 0.744. The molecule has 0 aliphatic carbocycles. The van der Waals surface area contributed by atoms with Crippen molar-refractivity contribution in [1.29, 1.82) is 0 Å². The number of ether oxygens (including phenoxy) is 1. The van der Waals surface area contributed by atoms with Gasteiger partial charge in [-0.15, -0.1) is 0 Å². The largest absolute Gasteiger partial charge is 0.445 e. The summed E-state index contributed by atoms with van der Waals surface area (Å²) in [5, 5.41) is 11.8. The number of rotatable bonds is 3. The molecule has 0 aromatic heterocycles. The van der Waals surface area contributed by atoms with Crippen LogP contribution in [0.4, 0.5) is 4.79 Å². The normalized spacial score (nSPS) is 27.2. The van der Waals surface area contributed by atoms with Crippen LogP contribution in [0.3, 0.4) is 0 Å². The van der Waals surface area contributed by atoms with Crippen molar-refractivity contribution in [2.45, 2.75) is 24.1 Å². The van der Waals surface area contributed by atoms with E-state index in [1.54, 1.807) is 4.90 Å². The highest BCUT2D eigenvalue weighted by Gasteiger charge is 2.42. The zero-order valence-corrected chi connectivity index (χ0v) is 12.5. The maximum absolute atomic E-state index is 12.5. The Morgan fingerprint density at radius 1 is 1.57 bits per heavy atom. The minimum Gasteiger partial charge on any atom is -0.445 e. The zero-order valence-electron chi connectivity index (χ0n) is 11.6. The van der Waals surface area contributed by atoms with E-state index in [2.05, 4.69) is 24.4 Å².